The van der Waals surface area contributed by atoms with E-state index in [0.29, 0.717) is 17.0 Å². The number of carboxylic acid groups (broad SMARTS) is 1. The molecule has 5 rings (SSSR count). The van der Waals surface area contributed by atoms with Gasteiger partial charge in [0.15, 0.2) is 11.5 Å². The maximum Gasteiger partial charge on any atom is 0.416 e. The van der Waals surface area contributed by atoms with Gasteiger partial charge in [-0.05, 0) is 48.9 Å². The van der Waals surface area contributed by atoms with Crippen molar-refractivity contribution in [1.29, 1.82) is 0 Å². The Hall–Kier alpha value is -4.48. The largest absolute Gasteiger partial charge is 0.475 e. The molecule has 0 bridgehead atoms. The van der Waals surface area contributed by atoms with Crippen LogP contribution in [0, 0.1) is 5.92 Å². The Labute approximate surface area is 227 Å². The highest BCUT2D eigenvalue weighted by molar-refractivity contribution is 5.97. The molecule has 1 atom stereocenters. The van der Waals surface area contributed by atoms with Crippen LogP contribution in [0.4, 0.5) is 19.0 Å². The third-order valence-electron chi connectivity index (χ3n) is 7.14. The number of hydrogen-bond donors (Lipinski definition) is 3. The predicted octanol–water partition coefficient (Wildman–Crippen LogP) is 5.12. The van der Waals surface area contributed by atoms with Gasteiger partial charge >= 0.3 is 12.1 Å². The molecule has 2 heterocycles. The zero-order valence-electron chi connectivity index (χ0n) is 21.6. The Kier molecular flexibility index (Phi) is 7.42. The number of hydrogen-bond acceptors (Lipinski definition) is 6. The number of halogens is 3. The van der Waals surface area contributed by atoms with E-state index in [-0.39, 0.29) is 36.4 Å². The van der Waals surface area contributed by atoms with Crippen molar-refractivity contribution in [3.05, 3.63) is 82.9 Å². The quantitative estimate of drug-likeness (QED) is 0.263. The molecule has 2 aromatic heterocycles. The molecule has 1 aliphatic carbocycles. The van der Waals surface area contributed by atoms with Gasteiger partial charge in [-0.2, -0.15) is 13.2 Å². The normalized spacial score (nSPS) is 14.5. The number of aromatic nitrogens is 4. The Bertz CT molecular complexity index is 1530. The number of aromatic carboxylic acids is 1. The molecule has 0 saturated heterocycles. The van der Waals surface area contributed by atoms with Crippen LogP contribution in [0.25, 0.3) is 11.2 Å². The monoisotopic (exact) mass is 552 g/mol. The van der Waals surface area contributed by atoms with Crippen LogP contribution in [0.3, 0.4) is 0 Å². The minimum Gasteiger partial charge on any atom is -0.475 e. The first-order chi connectivity index (χ1) is 19.1. The van der Waals surface area contributed by atoms with E-state index >= 15 is 0 Å². The Morgan fingerprint density at radius 2 is 1.73 bits per heavy atom. The minimum atomic E-state index is -4.49. The highest BCUT2D eigenvalue weighted by Crippen LogP contribution is 2.33. The second-order valence-corrected chi connectivity index (χ2v) is 9.88. The molecule has 2 aromatic carbocycles. The van der Waals surface area contributed by atoms with Crippen LogP contribution in [0.2, 0.25) is 0 Å². The van der Waals surface area contributed by atoms with Crippen LogP contribution in [0.5, 0.6) is 0 Å². The summed E-state index contributed by atoms with van der Waals surface area (Å²) in [4.78, 5) is 37.9. The number of alkyl halides is 3. The SMILES string of the molecule is C[C@@H](Nc1nc(C(=O)O)nc2nc(C(=O)NCc3ccccc3)n(Cc3ccc(C(F)(F)F)cc3)c12)C1CCC1. The molecule has 208 valence electrons. The standard InChI is InChI=1S/C28H27F3N6O3/c1-16(19-8-5-9-19)33-22-21-23(35-24(34-22)27(39)40)36-25(26(38)32-14-17-6-3-2-4-7-17)37(21)15-18-10-12-20(13-11-18)28(29,30)31/h2-4,6-7,10-13,16,19H,5,8-9,14-15H2,1H3,(H,32,38)(H,39,40)(H,33,34,35)/t16-/m1/s1. The van der Waals surface area contributed by atoms with Crippen molar-refractivity contribution in [2.75, 3.05) is 5.32 Å². The summed E-state index contributed by atoms with van der Waals surface area (Å²) in [6.45, 7) is 2.16. The van der Waals surface area contributed by atoms with Crippen molar-refractivity contribution >= 4 is 28.9 Å². The van der Waals surface area contributed by atoms with Crippen LogP contribution in [0.15, 0.2) is 54.6 Å². The Morgan fingerprint density at radius 1 is 1.02 bits per heavy atom. The molecule has 1 saturated carbocycles. The van der Waals surface area contributed by atoms with Gasteiger partial charge in [0.2, 0.25) is 11.6 Å². The summed E-state index contributed by atoms with van der Waals surface area (Å²) in [5.74, 6) is -1.88. The summed E-state index contributed by atoms with van der Waals surface area (Å²) in [6.07, 6.45) is -1.34. The molecule has 1 fully saturated rings. The summed E-state index contributed by atoms with van der Waals surface area (Å²) in [7, 11) is 0. The van der Waals surface area contributed by atoms with E-state index in [9.17, 15) is 27.9 Å². The van der Waals surface area contributed by atoms with Crippen LogP contribution >= 0.6 is 0 Å². The molecule has 3 N–H and O–H groups in total. The number of anilines is 1. The first-order valence-corrected chi connectivity index (χ1v) is 12.9. The number of carboxylic acids is 1. The number of fused-ring (bicyclic) bond motifs is 1. The highest BCUT2D eigenvalue weighted by atomic mass is 19.4. The highest BCUT2D eigenvalue weighted by Gasteiger charge is 2.31. The molecule has 0 aliphatic heterocycles. The number of benzene rings is 2. The van der Waals surface area contributed by atoms with E-state index in [4.69, 9.17) is 0 Å². The lowest BCUT2D eigenvalue weighted by Gasteiger charge is -2.32. The Morgan fingerprint density at radius 3 is 2.33 bits per heavy atom. The fourth-order valence-corrected chi connectivity index (χ4v) is 4.67. The van der Waals surface area contributed by atoms with Gasteiger partial charge < -0.3 is 20.3 Å². The molecule has 12 heteroatoms. The van der Waals surface area contributed by atoms with Crippen LogP contribution < -0.4 is 10.6 Å². The van der Waals surface area contributed by atoms with Gasteiger partial charge in [-0.25, -0.2) is 19.7 Å². The summed E-state index contributed by atoms with van der Waals surface area (Å²) in [6, 6.07) is 13.8. The van der Waals surface area contributed by atoms with E-state index < -0.39 is 29.4 Å². The first kappa shape index (κ1) is 27.1. The number of amides is 1. The Balaban J connectivity index is 1.58. The predicted molar refractivity (Wildman–Crippen MR) is 141 cm³/mol. The molecular weight excluding hydrogens is 525 g/mol. The summed E-state index contributed by atoms with van der Waals surface area (Å²) in [5, 5.41) is 15.7. The van der Waals surface area contributed by atoms with Gasteiger partial charge in [-0.3, -0.25) is 4.79 Å². The number of carbonyl (C=O) groups excluding carboxylic acids is 1. The fourth-order valence-electron chi connectivity index (χ4n) is 4.67. The zero-order chi connectivity index (χ0) is 28.4. The van der Waals surface area contributed by atoms with Gasteiger partial charge in [-0.15, -0.1) is 0 Å². The van der Waals surface area contributed by atoms with E-state index in [1.807, 2.05) is 37.3 Å². The van der Waals surface area contributed by atoms with Crippen LogP contribution in [-0.2, 0) is 19.3 Å². The van der Waals surface area contributed by atoms with Crippen molar-refractivity contribution < 1.29 is 27.9 Å². The molecule has 0 unspecified atom stereocenters. The minimum absolute atomic E-state index is 0.00696. The number of rotatable bonds is 9. The van der Waals surface area contributed by atoms with E-state index in [2.05, 4.69) is 25.6 Å². The molecule has 1 amide bonds. The summed E-state index contributed by atoms with van der Waals surface area (Å²) < 4.78 is 40.9. The number of nitrogens with one attached hydrogen (secondary N) is 2. The molecule has 1 aliphatic rings. The van der Waals surface area contributed by atoms with Crippen molar-refractivity contribution in [3.8, 4) is 0 Å². The maximum absolute atomic E-state index is 13.4. The molecule has 0 radical (unpaired) electrons. The van der Waals surface area contributed by atoms with Crippen molar-refractivity contribution in [2.24, 2.45) is 5.92 Å². The fraction of sp³-hybridized carbons (Fsp3) is 0.321. The lowest BCUT2D eigenvalue weighted by atomic mass is 9.80. The van der Waals surface area contributed by atoms with Crippen molar-refractivity contribution in [2.45, 2.75) is 51.5 Å². The van der Waals surface area contributed by atoms with Crippen LogP contribution in [0.1, 0.15) is 64.1 Å². The smallest absolute Gasteiger partial charge is 0.416 e. The number of carbonyl (C=O) groups is 2. The maximum atomic E-state index is 13.4. The lowest BCUT2D eigenvalue weighted by molar-refractivity contribution is -0.137. The zero-order valence-corrected chi connectivity index (χ0v) is 21.6. The topological polar surface area (TPSA) is 122 Å². The number of imidazole rings is 1. The molecule has 4 aromatic rings. The third kappa shape index (κ3) is 5.75. The van der Waals surface area contributed by atoms with E-state index in [1.165, 1.54) is 16.7 Å². The third-order valence-corrected chi connectivity index (χ3v) is 7.14. The molecule has 0 spiro atoms. The molecule has 40 heavy (non-hydrogen) atoms. The van der Waals surface area contributed by atoms with Gasteiger partial charge in [-0.1, -0.05) is 48.9 Å². The van der Waals surface area contributed by atoms with Crippen LogP contribution in [-0.4, -0.2) is 42.5 Å². The lowest BCUT2D eigenvalue weighted by Crippen LogP contribution is -2.31. The number of nitrogens with zero attached hydrogens (tertiary/aromatic N) is 4. The average Bonchev–Trinajstić information content (AvgIpc) is 3.25. The molecular formula is C28H27F3N6O3. The summed E-state index contributed by atoms with van der Waals surface area (Å²) >= 11 is 0. The van der Waals surface area contributed by atoms with Gasteiger partial charge in [0.1, 0.15) is 5.52 Å². The van der Waals surface area contributed by atoms with Gasteiger partial charge in [0.05, 0.1) is 12.1 Å². The summed E-state index contributed by atoms with van der Waals surface area (Å²) in [5.41, 5.74) is 0.822. The molecule has 9 nitrogen and oxygen atoms in total. The van der Waals surface area contributed by atoms with Gasteiger partial charge in [0.25, 0.3) is 5.91 Å². The van der Waals surface area contributed by atoms with E-state index in [1.54, 1.807) is 0 Å². The second kappa shape index (κ2) is 10.9. The average molecular weight is 553 g/mol. The second-order valence-electron chi connectivity index (χ2n) is 9.88. The van der Waals surface area contributed by atoms with Crippen molar-refractivity contribution in [3.63, 3.8) is 0 Å². The van der Waals surface area contributed by atoms with Crippen molar-refractivity contribution in [1.82, 2.24) is 24.8 Å². The first-order valence-electron chi connectivity index (χ1n) is 12.9. The van der Waals surface area contributed by atoms with Gasteiger partial charge in [0, 0.05) is 12.6 Å². The van der Waals surface area contributed by atoms with E-state index in [0.717, 1.165) is 37.0 Å².